The van der Waals surface area contributed by atoms with E-state index >= 15 is 0 Å². The summed E-state index contributed by atoms with van der Waals surface area (Å²) in [6, 6.07) is 9.40. The Bertz CT molecular complexity index is 328. The minimum atomic E-state index is -0.718. The Balaban J connectivity index is 2.85. The summed E-state index contributed by atoms with van der Waals surface area (Å²) in [4.78, 5) is 0. The van der Waals surface area contributed by atoms with E-state index in [0.29, 0.717) is 12.4 Å². The average Bonchev–Trinajstić information content (AvgIpc) is 2.29. The van der Waals surface area contributed by atoms with E-state index in [2.05, 4.69) is 6.58 Å². The van der Waals surface area contributed by atoms with Crippen molar-refractivity contribution >= 4 is 0 Å². The lowest BCUT2D eigenvalue weighted by atomic mass is 10.1. The maximum absolute atomic E-state index is 10.0. The van der Waals surface area contributed by atoms with Crippen LogP contribution in [0.4, 0.5) is 0 Å². The van der Waals surface area contributed by atoms with Gasteiger partial charge in [-0.1, -0.05) is 43.0 Å². The molecule has 0 bridgehead atoms. The largest absolute Gasteiger partial charge is 0.495 e. The lowest BCUT2D eigenvalue weighted by molar-refractivity contribution is 0.108. The van der Waals surface area contributed by atoms with E-state index in [1.807, 2.05) is 37.3 Å². The first kappa shape index (κ1) is 11.5. The molecule has 1 aromatic carbocycles. The number of allylic oxidation sites excluding steroid dienone is 2. The third-order valence-corrected chi connectivity index (χ3v) is 1.98. The molecule has 1 N–H and O–H groups in total. The molecule has 15 heavy (non-hydrogen) atoms. The first-order chi connectivity index (χ1) is 7.29. The average molecular weight is 204 g/mol. The van der Waals surface area contributed by atoms with Crippen molar-refractivity contribution < 1.29 is 9.84 Å². The van der Waals surface area contributed by atoms with Crippen LogP contribution >= 0.6 is 0 Å². The lowest BCUT2D eigenvalue weighted by Gasteiger charge is -2.15. The van der Waals surface area contributed by atoms with Crippen molar-refractivity contribution in [2.75, 3.05) is 6.61 Å². The number of ether oxygens (including phenoxy) is 1. The highest BCUT2D eigenvalue weighted by molar-refractivity contribution is 5.24. The molecule has 0 aliphatic carbocycles. The lowest BCUT2D eigenvalue weighted by Crippen LogP contribution is -2.05. The molecule has 0 saturated heterocycles. The van der Waals surface area contributed by atoms with Gasteiger partial charge in [-0.25, -0.2) is 0 Å². The Morgan fingerprint density at radius 1 is 1.47 bits per heavy atom. The Kier molecular flexibility index (Phi) is 4.64. The Morgan fingerprint density at radius 3 is 2.67 bits per heavy atom. The van der Waals surface area contributed by atoms with Crippen LogP contribution in [-0.2, 0) is 4.74 Å². The number of rotatable bonds is 5. The van der Waals surface area contributed by atoms with Gasteiger partial charge < -0.3 is 9.84 Å². The monoisotopic (exact) mass is 204 g/mol. The Hall–Kier alpha value is -1.54. The maximum Gasteiger partial charge on any atom is 0.136 e. The van der Waals surface area contributed by atoms with Crippen molar-refractivity contribution in [3.05, 3.63) is 60.4 Å². The van der Waals surface area contributed by atoms with Crippen LogP contribution < -0.4 is 0 Å². The van der Waals surface area contributed by atoms with Crippen molar-refractivity contribution in [3.8, 4) is 0 Å². The molecule has 2 heteroatoms. The van der Waals surface area contributed by atoms with Crippen LogP contribution in [0.2, 0.25) is 0 Å². The number of aliphatic hydroxyl groups excluding tert-OH is 1. The highest BCUT2D eigenvalue weighted by Crippen LogP contribution is 2.21. The smallest absolute Gasteiger partial charge is 0.136 e. The number of benzene rings is 1. The molecule has 0 spiro atoms. The van der Waals surface area contributed by atoms with Crippen LogP contribution in [0, 0.1) is 0 Å². The van der Waals surface area contributed by atoms with Crippen molar-refractivity contribution in [1.29, 1.82) is 0 Å². The van der Waals surface area contributed by atoms with Gasteiger partial charge in [0.25, 0.3) is 0 Å². The number of aliphatic hydroxyl groups is 1. The summed E-state index contributed by atoms with van der Waals surface area (Å²) in [5.41, 5.74) is 0.819. The summed E-state index contributed by atoms with van der Waals surface area (Å²) in [5.74, 6) is 0.527. The zero-order chi connectivity index (χ0) is 11.1. The summed E-state index contributed by atoms with van der Waals surface area (Å²) >= 11 is 0. The van der Waals surface area contributed by atoms with Gasteiger partial charge in [-0.3, -0.25) is 0 Å². The van der Waals surface area contributed by atoms with E-state index in [-0.39, 0.29) is 0 Å². The summed E-state index contributed by atoms with van der Waals surface area (Å²) in [6.45, 7) is 6.01. The van der Waals surface area contributed by atoms with E-state index in [9.17, 15) is 5.11 Å². The predicted molar refractivity (Wildman–Crippen MR) is 61.3 cm³/mol. The molecular weight excluding hydrogens is 188 g/mol. The Morgan fingerprint density at radius 2 is 2.13 bits per heavy atom. The van der Waals surface area contributed by atoms with Gasteiger partial charge in [0.05, 0.1) is 6.61 Å². The number of hydrogen-bond donors (Lipinski definition) is 1. The summed E-state index contributed by atoms with van der Waals surface area (Å²) in [7, 11) is 0. The Labute approximate surface area is 90.5 Å². The van der Waals surface area contributed by atoms with Crippen molar-refractivity contribution in [2.24, 2.45) is 0 Å². The fourth-order valence-electron chi connectivity index (χ4n) is 1.30. The van der Waals surface area contributed by atoms with Crippen LogP contribution in [0.25, 0.3) is 0 Å². The zero-order valence-electron chi connectivity index (χ0n) is 8.89. The zero-order valence-corrected chi connectivity index (χ0v) is 8.89. The van der Waals surface area contributed by atoms with Gasteiger partial charge in [0.15, 0.2) is 0 Å². The third kappa shape index (κ3) is 3.26. The molecule has 1 rings (SSSR count). The highest BCUT2D eigenvalue weighted by atomic mass is 16.5. The van der Waals surface area contributed by atoms with E-state index in [4.69, 9.17) is 4.74 Å². The van der Waals surface area contributed by atoms with Gasteiger partial charge in [0, 0.05) is 0 Å². The van der Waals surface area contributed by atoms with E-state index in [1.54, 1.807) is 12.2 Å². The number of hydrogen-bond acceptors (Lipinski definition) is 2. The molecule has 0 aliphatic heterocycles. The first-order valence-corrected chi connectivity index (χ1v) is 4.98. The molecule has 0 aromatic heterocycles. The molecule has 1 unspecified atom stereocenters. The summed E-state index contributed by atoms with van der Waals surface area (Å²) in [5, 5.41) is 10.0. The van der Waals surface area contributed by atoms with E-state index in [0.717, 1.165) is 5.56 Å². The van der Waals surface area contributed by atoms with Crippen molar-refractivity contribution in [2.45, 2.75) is 13.0 Å². The van der Waals surface area contributed by atoms with Crippen LogP contribution in [0.1, 0.15) is 18.6 Å². The fourth-order valence-corrected chi connectivity index (χ4v) is 1.30. The minimum absolute atomic E-state index is 0.527. The summed E-state index contributed by atoms with van der Waals surface area (Å²) in [6.07, 6.45) is 2.57. The second kappa shape index (κ2) is 6.04. The summed E-state index contributed by atoms with van der Waals surface area (Å²) < 4.78 is 5.34. The topological polar surface area (TPSA) is 29.5 Å². The highest BCUT2D eigenvalue weighted by Gasteiger charge is 2.12. The molecule has 1 atom stereocenters. The maximum atomic E-state index is 10.0. The van der Waals surface area contributed by atoms with Crippen LogP contribution in [-0.4, -0.2) is 11.7 Å². The predicted octanol–water partition coefficient (Wildman–Crippen LogP) is 2.83. The van der Waals surface area contributed by atoms with Gasteiger partial charge >= 0.3 is 0 Å². The van der Waals surface area contributed by atoms with Crippen molar-refractivity contribution in [1.82, 2.24) is 0 Å². The van der Waals surface area contributed by atoms with Crippen LogP contribution in [0.5, 0.6) is 0 Å². The van der Waals surface area contributed by atoms with Crippen molar-refractivity contribution in [3.63, 3.8) is 0 Å². The molecule has 0 amide bonds. The van der Waals surface area contributed by atoms with Gasteiger partial charge in [-0.15, -0.1) is 0 Å². The van der Waals surface area contributed by atoms with E-state index < -0.39 is 6.10 Å². The van der Waals surface area contributed by atoms with Gasteiger partial charge in [0.1, 0.15) is 11.9 Å². The SMILES string of the molecule is C=C/C=C(\OCC)C(O)c1ccccc1. The molecular formula is C13H16O2. The normalized spacial score (nSPS) is 13.3. The standard InChI is InChI=1S/C13H16O2/c1-3-8-12(15-4-2)13(14)11-9-6-5-7-10-11/h3,5-10,13-14H,1,4H2,2H3/b12-8-. The molecule has 0 aliphatic rings. The quantitative estimate of drug-likeness (QED) is 0.590. The molecule has 0 radical (unpaired) electrons. The van der Waals surface area contributed by atoms with Gasteiger partial charge in [-0.2, -0.15) is 0 Å². The fraction of sp³-hybridized carbons (Fsp3) is 0.231. The molecule has 0 saturated carbocycles. The van der Waals surface area contributed by atoms with Crippen LogP contribution in [0.15, 0.2) is 54.8 Å². The van der Waals surface area contributed by atoms with Gasteiger partial charge in [-0.05, 0) is 18.6 Å². The van der Waals surface area contributed by atoms with Crippen LogP contribution in [0.3, 0.4) is 0 Å². The molecule has 0 fully saturated rings. The second-order valence-electron chi connectivity index (χ2n) is 3.05. The van der Waals surface area contributed by atoms with E-state index in [1.165, 1.54) is 0 Å². The first-order valence-electron chi connectivity index (χ1n) is 4.98. The molecule has 0 heterocycles. The molecule has 2 nitrogen and oxygen atoms in total. The third-order valence-electron chi connectivity index (χ3n) is 1.98. The molecule has 80 valence electrons. The minimum Gasteiger partial charge on any atom is -0.495 e. The second-order valence-corrected chi connectivity index (χ2v) is 3.05. The van der Waals surface area contributed by atoms with Gasteiger partial charge in [0.2, 0.25) is 0 Å². The molecule has 1 aromatic rings.